The van der Waals surface area contributed by atoms with Gasteiger partial charge in [-0.3, -0.25) is 9.59 Å². The Labute approximate surface area is 249 Å². The van der Waals surface area contributed by atoms with E-state index in [4.69, 9.17) is 14.0 Å². The van der Waals surface area contributed by atoms with Crippen LogP contribution in [0.15, 0.2) is 48.5 Å². The molecule has 3 atom stereocenters. The summed E-state index contributed by atoms with van der Waals surface area (Å²) in [5.74, 6) is -2.81. The van der Waals surface area contributed by atoms with Crippen molar-refractivity contribution in [2.45, 2.75) is 90.1 Å². The molecule has 0 spiro atoms. The van der Waals surface area contributed by atoms with Crippen LogP contribution < -0.4 is 5.32 Å². The molecule has 4 rings (SSSR count). The first-order chi connectivity index (χ1) is 19.7. The fraction of sp³-hybridized carbons (Fsp3) is 0.500. The maximum Gasteiger partial charge on any atom is 0.407 e. The molecule has 0 radical (unpaired) electrons. The van der Waals surface area contributed by atoms with Crippen molar-refractivity contribution in [1.29, 1.82) is 0 Å². The first-order valence-corrected chi connectivity index (χ1v) is 17.5. The van der Waals surface area contributed by atoms with Crippen LogP contribution in [0.25, 0.3) is 11.1 Å². The Balaban J connectivity index is 1.53. The van der Waals surface area contributed by atoms with Gasteiger partial charge in [-0.05, 0) is 46.8 Å². The van der Waals surface area contributed by atoms with Crippen molar-refractivity contribution in [3.63, 3.8) is 0 Å². The number of rotatable bonds is 10. The minimum absolute atomic E-state index is 0.0296. The van der Waals surface area contributed by atoms with E-state index < -0.39 is 50.3 Å². The van der Waals surface area contributed by atoms with Gasteiger partial charge in [0.1, 0.15) is 12.6 Å². The van der Waals surface area contributed by atoms with Crippen LogP contribution in [0.4, 0.5) is 4.79 Å². The molecule has 0 bridgehead atoms. The Morgan fingerprint density at radius 2 is 1.50 bits per heavy atom. The first kappa shape index (κ1) is 31.4. The zero-order chi connectivity index (χ0) is 30.8. The molecule has 1 saturated heterocycles. The summed E-state index contributed by atoms with van der Waals surface area (Å²) in [6.07, 6.45) is -0.684. The van der Waals surface area contributed by atoms with Crippen molar-refractivity contribution in [1.82, 2.24) is 10.4 Å². The van der Waals surface area contributed by atoms with Crippen molar-refractivity contribution >= 4 is 32.2 Å². The standard InChI is InChI=1S/C32H42N2O7Si/c1-8-26(41-42(6,7)32(3,4)5)20(2)29(30(37)40-34-27(35)17-18-28(34)36)33-31(38)39-19-25-23-15-11-9-13-21(23)22-14-10-12-16-24(22)25/h9-16,20,25-26,29H,8,17-19H2,1-7H3,(H,33,38)/t20-,26-,29-/m0/s1. The molecule has 2 aromatic rings. The number of fused-ring (bicyclic) bond motifs is 3. The molecule has 42 heavy (non-hydrogen) atoms. The molecule has 1 fully saturated rings. The van der Waals surface area contributed by atoms with Crippen molar-refractivity contribution < 1.29 is 33.2 Å². The molecule has 10 heteroatoms. The summed E-state index contributed by atoms with van der Waals surface area (Å²) in [6, 6.07) is 14.8. The highest BCUT2D eigenvalue weighted by Crippen LogP contribution is 2.44. The summed E-state index contributed by atoms with van der Waals surface area (Å²) in [5.41, 5.74) is 4.34. The van der Waals surface area contributed by atoms with Crippen molar-refractivity contribution in [2.24, 2.45) is 5.92 Å². The van der Waals surface area contributed by atoms with Crippen LogP contribution in [0.2, 0.25) is 18.1 Å². The molecule has 1 heterocycles. The number of nitrogens with one attached hydrogen (secondary N) is 1. The molecule has 0 aromatic heterocycles. The monoisotopic (exact) mass is 594 g/mol. The second-order valence-corrected chi connectivity index (χ2v) is 17.4. The molecule has 0 unspecified atom stereocenters. The quantitative estimate of drug-likeness (QED) is 0.268. The van der Waals surface area contributed by atoms with Crippen molar-refractivity contribution in [3.05, 3.63) is 59.7 Å². The zero-order valence-electron chi connectivity index (χ0n) is 25.6. The number of hydroxylamine groups is 2. The predicted molar refractivity (Wildman–Crippen MR) is 161 cm³/mol. The van der Waals surface area contributed by atoms with Crippen LogP contribution in [-0.2, 0) is 28.4 Å². The van der Waals surface area contributed by atoms with Crippen LogP contribution in [0, 0.1) is 5.92 Å². The molecule has 9 nitrogen and oxygen atoms in total. The Kier molecular flexibility index (Phi) is 9.27. The smallest absolute Gasteiger partial charge is 0.407 e. The zero-order valence-corrected chi connectivity index (χ0v) is 26.6. The van der Waals surface area contributed by atoms with Gasteiger partial charge in [0.15, 0.2) is 8.32 Å². The second kappa shape index (κ2) is 12.4. The SMILES string of the molecule is CC[C@H](O[Si](C)(C)C(C)(C)C)[C@H](C)[C@H](NC(=O)OCC1c2ccccc2-c2ccccc21)C(=O)ON1C(=O)CCC1=O. The van der Waals surface area contributed by atoms with E-state index in [1.807, 2.05) is 43.3 Å². The van der Waals surface area contributed by atoms with Crippen LogP contribution in [0.5, 0.6) is 0 Å². The summed E-state index contributed by atoms with van der Waals surface area (Å²) >= 11 is 0. The van der Waals surface area contributed by atoms with E-state index in [-0.39, 0.29) is 30.4 Å². The number of nitrogens with zero attached hydrogens (tertiary/aromatic N) is 1. The van der Waals surface area contributed by atoms with Gasteiger partial charge in [-0.25, -0.2) is 9.59 Å². The highest BCUT2D eigenvalue weighted by molar-refractivity contribution is 6.74. The number of amides is 3. The summed E-state index contributed by atoms with van der Waals surface area (Å²) < 4.78 is 12.4. The number of hydrogen-bond acceptors (Lipinski definition) is 7. The molecule has 1 aliphatic heterocycles. The second-order valence-electron chi connectivity index (χ2n) is 12.6. The van der Waals surface area contributed by atoms with Crippen molar-refractivity contribution in [2.75, 3.05) is 6.61 Å². The molecule has 1 N–H and O–H groups in total. The number of hydrogen-bond donors (Lipinski definition) is 1. The maximum absolute atomic E-state index is 13.5. The van der Waals surface area contributed by atoms with Gasteiger partial charge in [-0.15, -0.1) is 5.06 Å². The fourth-order valence-corrected chi connectivity index (χ4v) is 6.80. The molecular formula is C32H42N2O7Si. The van der Waals surface area contributed by atoms with Crippen LogP contribution >= 0.6 is 0 Å². The number of ether oxygens (including phenoxy) is 1. The normalized spacial score (nSPS) is 17.4. The average molecular weight is 595 g/mol. The number of imide groups is 1. The van der Waals surface area contributed by atoms with Gasteiger partial charge in [0.25, 0.3) is 11.8 Å². The number of benzene rings is 2. The van der Waals surface area contributed by atoms with Gasteiger partial charge >= 0.3 is 12.1 Å². The molecule has 3 amide bonds. The predicted octanol–water partition coefficient (Wildman–Crippen LogP) is 5.94. The Morgan fingerprint density at radius 1 is 0.976 bits per heavy atom. The third kappa shape index (κ3) is 6.44. The highest BCUT2D eigenvalue weighted by atomic mass is 28.4. The molecule has 2 aliphatic rings. The van der Waals surface area contributed by atoms with E-state index >= 15 is 0 Å². The Morgan fingerprint density at radius 3 is 2.00 bits per heavy atom. The summed E-state index contributed by atoms with van der Waals surface area (Å²) in [7, 11) is -2.25. The topological polar surface area (TPSA) is 111 Å². The largest absolute Gasteiger partial charge is 0.449 e. The van der Waals surface area contributed by atoms with E-state index in [1.54, 1.807) is 6.92 Å². The minimum Gasteiger partial charge on any atom is -0.449 e. The van der Waals surface area contributed by atoms with Gasteiger partial charge in [-0.1, -0.05) is 83.1 Å². The highest BCUT2D eigenvalue weighted by Gasteiger charge is 2.44. The van der Waals surface area contributed by atoms with Crippen LogP contribution in [0.3, 0.4) is 0 Å². The van der Waals surface area contributed by atoms with Crippen molar-refractivity contribution in [3.8, 4) is 11.1 Å². The lowest BCUT2D eigenvalue weighted by molar-refractivity contribution is -0.200. The Hall–Kier alpha value is -3.50. The molecule has 226 valence electrons. The lowest BCUT2D eigenvalue weighted by atomic mass is 9.94. The van der Waals surface area contributed by atoms with E-state index in [1.165, 1.54) is 0 Å². The number of alkyl carbamates (subject to hydrolysis) is 1. The van der Waals surface area contributed by atoms with Gasteiger partial charge in [0.2, 0.25) is 0 Å². The van der Waals surface area contributed by atoms with Crippen LogP contribution in [-0.4, -0.2) is 56.0 Å². The van der Waals surface area contributed by atoms with E-state index in [0.29, 0.717) is 11.5 Å². The van der Waals surface area contributed by atoms with E-state index in [2.05, 4.69) is 51.3 Å². The number of carbonyl (C=O) groups excluding carboxylic acids is 4. The van der Waals surface area contributed by atoms with Gasteiger partial charge in [0.05, 0.1) is 0 Å². The average Bonchev–Trinajstić information content (AvgIpc) is 3.44. The van der Waals surface area contributed by atoms with Gasteiger partial charge < -0.3 is 19.3 Å². The molecule has 2 aromatic carbocycles. The first-order valence-electron chi connectivity index (χ1n) is 14.6. The fourth-order valence-electron chi connectivity index (χ4n) is 5.31. The summed E-state index contributed by atoms with van der Waals surface area (Å²) in [5, 5.41) is 3.10. The van der Waals surface area contributed by atoms with E-state index in [9.17, 15) is 19.2 Å². The van der Waals surface area contributed by atoms with Gasteiger partial charge in [0, 0.05) is 30.8 Å². The van der Waals surface area contributed by atoms with E-state index in [0.717, 1.165) is 22.3 Å². The molecule has 1 aliphatic carbocycles. The molecular weight excluding hydrogens is 552 g/mol. The minimum atomic E-state index is -2.25. The van der Waals surface area contributed by atoms with Crippen LogP contribution in [0.1, 0.15) is 70.9 Å². The van der Waals surface area contributed by atoms with Gasteiger partial charge in [-0.2, -0.15) is 0 Å². The summed E-state index contributed by atoms with van der Waals surface area (Å²) in [6.45, 7) is 14.4. The third-order valence-electron chi connectivity index (χ3n) is 8.82. The third-order valence-corrected chi connectivity index (χ3v) is 13.3. The number of carbonyl (C=O) groups is 4. The Bertz CT molecular complexity index is 1290. The lowest BCUT2D eigenvalue weighted by Crippen LogP contribution is -2.54. The maximum atomic E-state index is 13.5. The summed E-state index contributed by atoms with van der Waals surface area (Å²) in [4.78, 5) is 56.3. The molecule has 0 saturated carbocycles. The lowest BCUT2D eigenvalue weighted by Gasteiger charge is -2.41.